The molecule has 1 saturated heterocycles. The molecule has 3 rings (SSSR count). The molecule has 1 aromatic carbocycles. The van der Waals surface area contributed by atoms with Crippen LogP contribution in [0.15, 0.2) is 18.2 Å². The number of phenolic OH excluding ortho intramolecular Hbond substituents is 1. The smallest absolute Gasteiger partial charge is 0.223 e. The molecule has 1 aliphatic heterocycles. The van der Waals surface area contributed by atoms with E-state index in [0.29, 0.717) is 18.1 Å². The third-order valence-electron chi connectivity index (χ3n) is 5.13. The molecule has 0 aromatic heterocycles. The highest BCUT2D eigenvalue weighted by Crippen LogP contribution is 2.49. The summed E-state index contributed by atoms with van der Waals surface area (Å²) in [5.74, 6) is 0.941. The van der Waals surface area contributed by atoms with Gasteiger partial charge in [-0.25, -0.2) is 0 Å². The second-order valence-corrected chi connectivity index (χ2v) is 6.00. The van der Waals surface area contributed by atoms with Crippen LogP contribution in [0, 0.1) is 5.92 Å². The molecule has 0 saturated carbocycles. The molecule has 1 fully saturated rings. The van der Waals surface area contributed by atoms with Crippen molar-refractivity contribution in [1.82, 2.24) is 4.90 Å². The normalized spacial score (nSPS) is 34.4. The van der Waals surface area contributed by atoms with Crippen molar-refractivity contribution in [2.45, 2.75) is 38.1 Å². The summed E-state index contributed by atoms with van der Waals surface area (Å²) in [6.45, 7) is 4.38. The van der Waals surface area contributed by atoms with Crippen LogP contribution >= 0.6 is 0 Å². The highest BCUT2D eigenvalue weighted by Gasteiger charge is 2.50. The van der Waals surface area contributed by atoms with Crippen molar-refractivity contribution in [3.8, 4) is 5.75 Å². The fourth-order valence-corrected chi connectivity index (χ4v) is 3.70. The summed E-state index contributed by atoms with van der Waals surface area (Å²) in [5.41, 5.74) is 2.30. The van der Waals surface area contributed by atoms with Gasteiger partial charge in [-0.1, -0.05) is 19.9 Å². The molecule has 1 amide bonds. The van der Waals surface area contributed by atoms with E-state index in [9.17, 15) is 9.90 Å². The van der Waals surface area contributed by atoms with Gasteiger partial charge in [0.1, 0.15) is 5.75 Å². The van der Waals surface area contributed by atoms with E-state index in [0.717, 1.165) is 12.0 Å². The second-order valence-electron chi connectivity index (χ2n) is 6.00. The molecule has 18 heavy (non-hydrogen) atoms. The van der Waals surface area contributed by atoms with Gasteiger partial charge in [0, 0.05) is 24.9 Å². The number of fused-ring (bicyclic) bond motifs is 4. The van der Waals surface area contributed by atoms with Crippen LogP contribution in [0.4, 0.5) is 0 Å². The summed E-state index contributed by atoms with van der Waals surface area (Å²) in [4.78, 5) is 14.0. The molecule has 0 unspecified atom stereocenters. The number of aromatic hydroxyl groups is 1. The largest absolute Gasteiger partial charge is 0.508 e. The predicted molar refractivity (Wildman–Crippen MR) is 69.5 cm³/mol. The van der Waals surface area contributed by atoms with Gasteiger partial charge < -0.3 is 10.0 Å². The number of carbonyl (C=O) groups is 1. The predicted octanol–water partition coefficient (Wildman–Crippen LogP) is 2.07. The number of hydrogen-bond donors (Lipinski definition) is 1. The highest BCUT2D eigenvalue weighted by molar-refractivity contribution is 5.80. The van der Waals surface area contributed by atoms with Crippen molar-refractivity contribution >= 4 is 5.91 Å². The van der Waals surface area contributed by atoms with E-state index in [1.54, 1.807) is 6.07 Å². The molecule has 2 aliphatic rings. The van der Waals surface area contributed by atoms with E-state index in [-0.39, 0.29) is 17.4 Å². The maximum atomic E-state index is 12.1. The Hall–Kier alpha value is -1.51. The van der Waals surface area contributed by atoms with Gasteiger partial charge in [0.05, 0.1) is 0 Å². The molecule has 0 radical (unpaired) electrons. The van der Waals surface area contributed by atoms with Crippen LogP contribution in [0.25, 0.3) is 0 Å². The Morgan fingerprint density at radius 1 is 1.44 bits per heavy atom. The minimum atomic E-state index is -0.138. The van der Waals surface area contributed by atoms with Crippen LogP contribution < -0.4 is 0 Å². The van der Waals surface area contributed by atoms with E-state index in [1.807, 2.05) is 24.1 Å². The van der Waals surface area contributed by atoms with E-state index in [2.05, 4.69) is 13.8 Å². The van der Waals surface area contributed by atoms with Crippen molar-refractivity contribution in [2.24, 2.45) is 5.92 Å². The van der Waals surface area contributed by atoms with Gasteiger partial charge in [0.2, 0.25) is 5.91 Å². The topological polar surface area (TPSA) is 40.5 Å². The van der Waals surface area contributed by atoms with Crippen LogP contribution in [0.1, 0.15) is 31.4 Å². The van der Waals surface area contributed by atoms with E-state index in [1.165, 1.54) is 5.56 Å². The van der Waals surface area contributed by atoms with Crippen LogP contribution in [0.3, 0.4) is 0 Å². The fourth-order valence-electron chi connectivity index (χ4n) is 3.70. The Balaban J connectivity index is 2.20. The Morgan fingerprint density at radius 3 is 2.89 bits per heavy atom. The molecule has 3 atom stereocenters. The summed E-state index contributed by atoms with van der Waals surface area (Å²) in [6, 6.07) is 5.88. The lowest BCUT2D eigenvalue weighted by molar-refractivity contribution is -0.141. The number of amides is 1. The molecular weight excluding hydrogens is 226 g/mol. The van der Waals surface area contributed by atoms with Crippen molar-refractivity contribution in [2.75, 3.05) is 7.05 Å². The molecule has 1 aromatic rings. The zero-order valence-corrected chi connectivity index (χ0v) is 11.1. The minimum Gasteiger partial charge on any atom is -0.508 e. The first-order valence-corrected chi connectivity index (χ1v) is 6.51. The zero-order valence-electron chi connectivity index (χ0n) is 11.1. The number of carbonyl (C=O) groups excluding carboxylic acids is 1. The van der Waals surface area contributed by atoms with Crippen molar-refractivity contribution in [1.29, 1.82) is 0 Å². The number of phenols is 1. The Labute approximate surface area is 107 Å². The first-order valence-electron chi connectivity index (χ1n) is 6.51. The minimum absolute atomic E-state index is 0.138. The summed E-state index contributed by atoms with van der Waals surface area (Å²) >= 11 is 0. The molecule has 1 N–H and O–H groups in total. The Kier molecular flexibility index (Phi) is 2.25. The third kappa shape index (κ3) is 1.33. The number of rotatable bonds is 0. The summed E-state index contributed by atoms with van der Waals surface area (Å²) in [5, 5.41) is 9.71. The molecule has 1 heterocycles. The molecule has 2 bridgehead atoms. The fraction of sp³-hybridized carbons (Fsp3) is 0.533. The molecule has 96 valence electrons. The lowest BCUT2D eigenvalue weighted by Gasteiger charge is -2.53. The number of likely N-dealkylation sites (N-methyl/N-ethyl adjacent to an activating group) is 1. The van der Waals surface area contributed by atoms with E-state index < -0.39 is 0 Å². The first-order chi connectivity index (χ1) is 8.43. The number of hydrogen-bond acceptors (Lipinski definition) is 2. The van der Waals surface area contributed by atoms with Crippen LogP contribution in [-0.4, -0.2) is 29.0 Å². The standard InChI is InChI=1S/C15H19NO2/c1-9-13-6-10-4-5-11(17)7-12(10)15(9,2)8-14(18)16(13)3/h4-5,7,9,13,17H,6,8H2,1-3H3/t9-,13-,15-/m1/s1. The lowest BCUT2D eigenvalue weighted by Crippen LogP contribution is -2.58. The van der Waals surface area contributed by atoms with Crippen molar-refractivity contribution < 1.29 is 9.90 Å². The molecule has 3 nitrogen and oxygen atoms in total. The summed E-state index contributed by atoms with van der Waals surface area (Å²) < 4.78 is 0. The average molecular weight is 245 g/mol. The Bertz CT molecular complexity index is 525. The van der Waals surface area contributed by atoms with Gasteiger partial charge in [-0.2, -0.15) is 0 Å². The van der Waals surface area contributed by atoms with Gasteiger partial charge in [-0.05, 0) is 35.6 Å². The number of benzene rings is 1. The van der Waals surface area contributed by atoms with E-state index >= 15 is 0 Å². The summed E-state index contributed by atoms with van der Waals surface area (Å²) in [7, 11) is 1.91. The SMILES string of the molecule is C[C@@H]1[C@H]2Cc3ccc(O)cc3[C@]1(C)CC(=O)N2C. The highest BCUT2D eigenvalue weighted by atomic mass is 16.3. The number of likely N-dealkylation sites (tertiary alicyclic amines) is 1. The number of piperidine rings is 1. The van der Waals surface area contributed by atoms with Gasteiger partial charge >= 0.3 is 0 Å². The maximum absolute atomic E-state index is 12.1. The lowest BCUT2D eigenvalue weighted by atomic mass is 9.59. The van der Waals surface area contributed by atoms with Crippen LogP contribution in [-0.2, 0) is 16.6 Å². The van der Waals surface area contributed by atoms with Gasteiger partial charge in [0.15, 0.2) is 0 Å². The van der Waals surface area contributed by atoms with Crippen molar-refractivity contribution in [3.63, 3.8) is 0 Å². The molecular formula is C15H19NO2. The molecule has 1 aliphatic carbocycles. The van der Waals surface area contributed by atoms with E-state index in [4.69, 9.17) is 0 Å². The molecule has 3 heteroatoms. The van der Waals surface area contributed by atoms with Crippen molar-refractivity contribution in [3.05, 3.63) is 29.3 Å². The first kappa shape index (κ1) is 11.6. The monoisotopic (exact) mass is 245 g/mol. The third-order valence-corrected chi connectivity index (χ3v) is 5.13. The second kappa shape index (κ2) is 3.50. The zero-order chi connectivity index (χ0) is 13.1. The summed E-state index contributed by atoms with van der Waals surface area (Å²) in [6.07, 6.45) is 1.44. The van der Waals surface area contributed by atoms with Crippen LogP contribution in [0.5, 0.6) is 5.75 Å². The number of nitrogens with zero attached hydrogens (tertiary/aromatic N) is 1. The Morgan fingerprint density at radius 2 is 2.17 bits per heavy atom. The van der Waals surface area contributed by atoms with Crippen LogP contribution in [0.2, 0.25) is 0 Å². The van der Waals surface area contributed by atoms with Gasteiger partial charge in [-0.15, -0.1) is 0 Å². The average Bonchev–Trinajstić information content (AvgIpc) is 2.32. The maximum Gasteiger partial charge on any atom is 0.223 e. The van der Waals surface area contributed by atoms with Gasteiger partial charge in [0.25, 0.3) is 0 Å². The van der Waals surface area contributed by atoms with Gasteiger partial charge in [-0.3, -0.25) is 4.79 Å². The quantitative estimate of drug-likeness (QED) is 0.760. The molecule has 0 spiro atoms.